The first-order chi connectivity index (χ1) is 24.9. The predicted octanol–water partition coefficient (Wildman–Crippen LogP) is 11.4. The van der Waals surface area contributed by atoms with Gasteiger partial charge >= 0.3 is 0 Å². The maximum absolute atomic E-state index is 9.39. The Labute approximate surface area is 302 Å². The molecule has 0 heterocycles. The van der Waals surface area contributed by atoms with Gasteiger partial charge < -0.3 is 16.9 Å². The second-order valence-electron chi connectivity index (χ2n) is 11.9. The Morgan fingerprint density at radius 3 is 1.20 bits per heavy atom. The molecular formula is C47H44N4. The lowest BCUT2D eigenvalue weighted by molar-refractivity contribution is 0.774. The molecule has 7 aromatic rings. The molecular weight excluding hydrogens is 621 g/mol. The zero-order chi connectivity index (χ0) is 36.4. The summed E-state index contributed by atoms with van der Waals surface area (Å²) in [6.45, 7) is 6.61. The van der Waals surface area contributed by atoms with Crippen LogP contribution in [0.3, 0.4) is 0 Å². The van der Waals surface area contributed by atoms with E-state index in [1.165, 1.54) is 33.4 Å². The molecule has 0 unspecified atom stereocenters. The van der Waals surface area contributed by atoms with Crippen molar-refractivity contribution in [1.29, 1.82) is 10.7 Å². The molecule has 0 aliphatic carbocycles. The van der Waals surface area contributed by atoms with Crippen LogP contribution < -0.4 is 11.5 Å². The first-order valence-corrected chi connectivity index (χ1v) is 16.7. The molecule has 4 heteroatoms. The normalized spacial score (nSPS) is 9.88. The molecule has 0 amide bonds. The van der Waals surface area contributed by atoms with Gasteiger partial charge in [-0.2, -0.15) is 5.26 Å². The van der Waals surface area contributed by atoms with Crippen molar-refractivity contribution in [3.63, 3.8) is 0 Å². The van der Waals surface area contributed by atoms with Crippen LogP contribution in [0.15, 0.2) is 182 Å². The number of aryl methyl sites for hydroxylation is 2. The summed E-state index contributed by atoms with van der Waals surface area (Å²) >= 11 is 0. The van der Waals surface area contributed by atoms with Gasteiger partial charge in [0.15, 0.2) is 0 Å². The molecule has 252 valence electrons. The van der Waals surface area contributed by atoms with E-state index in [9.17, 15) is 5.26 Å². The van der Waals surface area contributed by atoms with Gasteiger partial charge in [-0.15, -0.1) is 0 Å². The van der Waals surface area contributed by atoms with E-state index in [4.69, 9.17) is 16.9 Å². The van der Waals surface area contributed by atoms with Crippen LogP contribution in [0, 0.1) is 30.6 Å². The van der Waals surface area contributed by atoms with E-state index in [-0.39, 0.29) is 6.17 Å². The van der Waals surface area contributed by atoms with Crippen LogP contribution in [0.1, 0.15) is 28.4 Å². The van der Waals surface area contributed by atoms with Gasteiger partial charge in [-0.3, -0.25) is 0 Å². The number of nitrogens with two attached hydrogens (primary N) is 2. The van der Waals surface area contributed by atoms with Gasteiger partial charge in [-0.05, 0) is 113 Å². The van der Waals surface area contributed by atoms with Crippen molar-refractivity contribution >= 4 is 6.72 Å². The fourth-order valence-corrected chi connectivity index (χ4v) is 5.49. The summed E-state index contributed by atoms with van der Waals surface area (Å²) in [5.74, 6) is 0. The Balaban J connectivity index is 0.000000265. The van der Waals surface area contributed by atoms with E-state index in [2.05, 4.69) is 129 Å². The van der Waals surface area contributed by atoms with Gasteiger partial charge in [0.25, 0.3) is 0 Å². The Morgan fingerprint density at radius 2 is 0.804 bits per heavy atom. The number of benzene rings is 7. The highest BCUT2D eigenvalue weighted by molar-refractivity contribution is 5.83. The second-order valence-corrected chi connectivity index (χ2v) is 11.9. The molecule has 0 aromatic heterocycles. The molecule has 0 saturated carbocycles. The molecule has 0 radical (unpaired) electrons. The molecule has 0 saturated heterocycles. The van der Waals surface area contributed by atoms with Crippen LogP contribution in [0.4, 0.5) is 0 Å². The summed E-state index contributed by atoms with van der Waals surface area (Å²) in [4.78, 5) is 0. The van der Waals surface area contributed by atoms with Gasteiger partial charge in [0.05, 0.1) is 17.8 Å². The predicted molar refractivity (Wildman–Crippen MR) is 216 cm³/mol. The number of nitriles is 1. The molecule has 0 aliphatic heterocycles. The van der Waals surface area contributed by atoms with Crippen LogP contribution in [0.2, 0.25) is 0 Å². The van der Waals surface area contributed by atoms with Gasteiger partial charge in [-0.25, -0.2) is 0 Å². The highest BCUT2D eigenvalue weighted by Gasteiger charge is 2.09. The summed E-state index contributed by atoms with van der Waals surface area (Å²) in [5.41, 5.74) is 24.1. The van der Waals surface area contributed by atoms with E-state index in [1.807, 2.05) is 79.7 Å². The third kappa shape index (κ3) is 11.3. The first-order valence-electron chi connectivity index (χ1n) is 16.7. The topological polar surface area (TPSA) is 99.7 Å². The van der Waals surface area contributed by atoms with E-state index in [0.29, 0.717) is 5.56 Å². The molecule has 0 aliphatic rings. The Hall–Kier alpha value is -6.38. The van der Waals surface area contributed by atoms with Crippen LogP contribution in [0.5, 0.6) is 0 Å². The fraction of sp³-hybridized carbons (Fsp3) is 0.0638. The molecule has 0 bridgehead atoms. The van der Waals surface area contributed by atoms with E-state index < -0.39 is 0 Å². The van der Waals surface area contributed by atoms with Crippen molar-refractivity contribution in [2.75, 3.05) is 0 Å². The highest BCUT2D eigenvalue weighted by Crippen LogP contribution is 2.34. The largest absolute Gasteiger partial charge is 0.317 e. The van der Waals surface area contributed by atoms with Crippen molar-refractivity contribution in [3.8, 4) is 50.6 Å². The van der Waals surface area contributed by atoms with Crippen molar-refractivity contribution in [2.45, 2.75) is 20.0 Å². The number of rotatable bonds is 5. The second kappa shape index (κ2) is 19.6. The smallest absolute Gasteiger partial charge is 0.0991 e. The average Bonchev–Trinajstić information content (AvgIpc) is 3.20. The number of hydrogen-bond donors (Lipinski definition) is 3. The van der Waals surface area contributed by atoms with Gasteiger partial charge in [0.1, 0.15) is 0 Å². The van der Waals surface area contributed by atoms with E-state index in [0.717, 1.165) is 27.8 Å². The molecule has 0 atom stereocenters. The first kappa shape index (κ1) is 37.4. The summed E-state index contributed by atoms with van der Waals surface area (Å²) in [5, 5.41) is 14.9. The zero-order valence-corrected chi connectivity index (χ0v) is 29.2. The van der Waals surface area contributed by atoms with Crippen molar-refractivity contribution in [2.24, 2.45) is 11.5 Å². The molecule has 0 fully saturated rings. The Kier molecular flexibility index (Phi) is 14.4. The highest BCUT2D eigenvalue weighted by atomic mass is 14.8. The van der Waals surface area contributed by atoms with E-state index >= 15 is 0 Å². The minimum atomic E-state index is -0.341. The third-order valence-corrected chi connectivity index (χ3v) is 8.01. The average molecular weight is 665 g/mol. The maximum atomic E-state index is 9.39. The minimum absolute atomic E-state index is 0.341. The molecule has 7 aromatic carbocycles. The molecule has 7 rings (SSSR count). The lowest BCUT2D eigenvalue weighted by Crippen LogP contribution is -2.19. The van der Waals surface area contributed by atoms with Crippen molar-refractivity contribution in [3.05, 3.63) is 204 Å². The summed E-state index contributed by atoms with van der Waals surface area (Å²) in [6, 6.07) is 64.5. The van der Waals surface area contributed by atoms with Crippen LogP contribution in [-0.2, 0) is 0 Å². The monoisotopic (exact) mass is 664 g/mol. The molecule has 0 spiro atoms. The Morgan fingerprint density at radius 1 is 0.431 bits per heavy atom. The van der Waals surface area contributed by atoms with Crippen molar-refractivity contribution < 1.29 is 0 Å². The summed E-state index contributed by atoms with van der Waals surface area (Å²) < 4.78 is 0. The lowest BCUT2D eigenvalue weighted by atomic mass is 9.92. The van der Waals surface area contributed by atoms with Crippen LogP contribution >= 0.6 is 0 Å². The SMILES string of the molecule is C=N.Cc1cc(C#N)cc(-c2cccc(-c3cc(-c4ccccc4)cc(-c4ccccc4)c3)c2)c1.Cc1ccccc1.NC(N)c1ccccc1. The van der Waals surface area contributed by atoms with E-state index in [1.54, 1.807) is 0 Å². The Bertz CT molecular complexity index is 2060. The number of hydrogen-bond acceptors (Lipinski definition) is 4. The summed E-state index contributed by atoms with van der Waals surface area (Å²) in [7, 11) is 0. The van der Waals surface area contributed by atoms with Gasteiger partial charge in [0, 0.05) is 0 Å². The van der Waals surface area contributed by atoms with Crippen molar-refractivity contribution in [1.82, 2.24) is 0 Å². The lowest BCUT2D eigenvalue weighted by Gasteiger charge is -2.13. The molecule has 5 N–H and O–H groups in total. The summed E-state index contributed by atoms with van der Waals surface area (Å²) in [6.07, 6.45) is -0.341. The number of nitrogens with zero attached hydrogens (tertiary/aromatic N) is 1. The van der Waals surface area contributed by atoms with Crippen LogP contribution in [0.25, 0.3) is 44.5 Å². The third-order valence-electron chi connectivity index (χ3n) is 8.01. The number of nitrogens with one attached hydrogen (secondary N) is 1. The maximum Gasteiger partial charge on any atom is 0.0991 e. The molecule has 51 heavy (non-hydrogen) atoms. The zero-order valence-electron chi connectivity index (χ0n) is 29.2. The minimum Gasteiger partial charge on any atom is -0.317 e. The standard InChI is InChI=1S/C32H23N.C7H10N2.C7H8.CH3N/c1-23-15-24(22-33)17-29(16-23)27-13-8-14-28(18-27)32-20-30(25-9-4-2-5-10-25)19-31(21-32)26-11-6-3-7-12-26;8-7(9)6-4-2-1-3-5-6;1-7-5-3-2-4-6-7;1-2/h2-21H,1H3;1-5,7H,8-9H2;2-6H,1H3;2H,1H2. The quantitative estimate of drug-likeness (QED) is 0.126. The van der Waals surface area contributed by atoms with Crippen LogP contribution in [-0.4, -0.2) is 6.72 Å². The fourth-order valence-electron chi connectivity index (χ4n) is 5.49. The molecule has 4 nitrogen and oxygen atoms in total. The van der Waals surface area contributed by atoms with Gasteiger partial charge in [0.2, 0.25) is 0 Å². The van der Waals surface area contributed by atoms with Gasteiger partial charge in [-0.1, -0.05) is 151 Å².